The number of carbonyl (C=O) groups is 2. The molecule has 2 rings (SSSR count). The molecule has 1 amide bonds. The van der Waals surface area contributed by atoms with E-state index in [2.05, 4.69) is 4.98 Å². The Balaban J connectivity index is 2.12. The molecule has 1 aromatic heterocycles. The van der Waals surface area contributed by atoms with Crippen molar-refractivity contribution in [2.45, 2.75) is 12.8 Å². The molecule has 2 N–H and O–H groups in total. The molecule has 1 atom stereocenters. The van der Waals surface area contributed by atoms with Crippen LogP contribution in [0.3, 0.4) is 0 Å². The van der Waals surface area contributed by atoms with Crippen LogP contribution in [0.4, 0.5) is 0 Å². The number of hydrogen-bond donors (Lipinski definition) is 2. The highest BCUT2D eigenvalue weighted by Gasteiger charge is 2.24. The summed E-state index contributed by atoms with van der Waals surface area (Å²) in [6, 6.07) is 1.62. The van der Waals surface area contributed by atoms with Crippen molar-refractivity contribution in [1.82, 2.24) is 9.88 Å². The average Bonchev–Trinajstić information content (AvgIpc) is 2.52. The molecule has 0 aliphatic carbocycles. The molecule has 1 aliphatic heterocycles. The average molecular weight is 290 g/mol. The molecule has 0 bridgehead atoms. The highest BCUT2D eigenvalue weighted by molar-refractivity contribution is 5.95. The Morgan fingerprint density at radius 3 is 2.95 bits per heavy atom. The van der Waals surface area contributed by atoms with Crippen molar-refractivity contribution in [3.8, 4) is 0 Å². The molecule has 0 saturated carbocycles. The Kier molecular flexibility index (Phi) is 5.05. The fourth-order valence-electron chi connectivity index (χ4n) is 2.41. The number of carboxylic acid groups (broad SMARTS) is 1. The molecule has 1 saturated heterocycles. The van der Waals surface area contributed by atoms with Gasteiger partial charge in [-0.25, -0.2) is 4.79 Å². The normalized spacial score (nSPS) is 18.9. The molecule has 0 spiro atoms. The van der Waals surface area contributed by atoms with E-state index in [9.17, 15) is 14.7 Å². The number of likely N-dealkylation sites (tertiary alicyclic amines) is 1. The van der Waals surface area contributed by atoms with Gasteiger partial charge in [0, 0.05) is 38.2 Å². The number of amides is 1. The summed E-state index contributed by atoms with van der Waals surface area (Å²) in [5.74, 6) is -1.05. The summed E-state index contributed by atoms with van der Waals surface area (Å²) < 4.78 is 0. The van der Waals surface area contributed by atoms with Crippen molar-refractivity contribution >= 4 is 18.0 Å². The maximum Gasteiger partial charge on any atom is 0.328 e. The summed E-state index contributed by atoms with van der Waals surface area (Å²) in [7, 11) is 0. The number of carbonyl (C=O) groups excluding carboxylic acids is 1. The number of aliphatic hydroxyl groups excluding tert-OH is 1. The Hall–Kier alpha value is -2.21. The minimum Gasteiger partial charge on any atom is -0.478 e. The van der Waals surface area contributed by atoms with Crippen LogP contribution in [0.5, 0.6) is 0 Å². The quantitative estimate of drug-likeness (QED) is 0.808. The van der Waals surface area contributed by atoms with Crippen molar-refractivity contribution in [3.05, 3.63) is 35.7 Å². The number of aliphatic carboxylic acids is 1. The van der Waals surface area contributed by atoms with Crippen LogP contribution in [0.25, 0.3) is 6.08 Å². The van der Waals surface area contributed by atoms with E-state index < -0.39 is 5.97 Å². The van der Waals surface area contributed by atoms with Gasteiger partial charge in [-0.2, -0.15) is 0 Å². The molecule has 21 heavy (non-hydrogen) atoms. The van der Waals surface area contributed by atoms with E-state index in [0.717, 1.165) is 18.9 Å². The fourth-order valence-corrected chi connectivity index (χ4v) is 2.41. The lowest BCUT2D eigenvalue weighted by atomic mass is 9.98. The summed E-state index contributed by atoms with van der Waals surface area (Å²) in [6.07, 6.45) is 7.20. The largest absolute Gasteiger partial charge is 0.478 e. The maximum atomic E-state index is 12.4. The summed E-state index contributed by atoms with van der Waals surface area (Å²) >= 11 is 0. The van der Waals surface area contributed by atoms with Crippen LogP contribution in [-0.4, -0.2) is 51.7 Å². The second kappa shape index (κ2) is 6.99. The maximum absolute atomic E-state index is 12.4. The third-order valence-corrected chi connectivity index (χ3v) is 3.49. The van der Waals surface area contributed by atoms with E-state index in [1.54, 1.807) is 11.0 Å². The molecule has 112 valence electrons. The number of piperidine rings is 1. The molecule has 6 heteroatoms. The van der Waals surface area contributed by atoms with Gasteiger partial charge in [-0.1, -0.05) is 0 Å². The molecule has 6 nitrogen and oxygen atoms in total. The molecule has 1 fully saturated rings. The summed E-state index contributed by atoms with van der Waals surface area (Å²) in [5.41, 5.74) is 1.00. The Labute approximate surface area is 122 Å². The van der Waals surface area contributed by atoms with Gasteiger partial charge in [0.05, 0.1) is 5.56 Å². The molecule has 1 aliphatic rings. The smallest absolute Gasteiger partial charge is 0.328 e. The standard InChI is InChI=1S/C15H18N2O4/c18-10-12-2-1-5-17(9-12)15(21)13-6-11(7-16-8-13)3-4-14(19)20/h3-4,6-8,12,18H,1-2,5,9-10H2,(H,19,20). The van der Waals surface area contributed by atoms with Gasteiger partial charge < -0.3 is 15.1 Å². The monoisotopic (exact) mass is 290 g/mol. The van der Waals surface area contributed by atoms with Crippen molar-refractivity contribution < 1.29 is 19.8 Å². The van der Waals surface area contributed by atoms with Gasteiger partial charge in [0.25, 0.3) is 5.91 Å². The van der Waals surface area contributed by atoms with Crippen molar-refractivity contribution in [3.63, 3.8) is 0 Å². The van der Waals surface area contributed by atoms with Gasteiger partial charge in [-0.15, -0.1) is 0 Å². The van der Waals surface area contributed by atoms with Crippen LogP contribution in [0.1, 0.15) is 28.8 Å². The summed E-state index contributed by atoms with van der Waals surface area (Å²) in [6.45, 7) is 1.30. The van der Waals surface area contributed by atoms with Crippen LogP contribution in [0, 0.1) is 5.92 Å². The fraction of sp³-hybridized carbons (Fsp3) is 0.400. The van der Waals surface area contributed by atoms with Crippen LogP contribution in [0.15, 0.2) is 24.5 Å². The first-order valence-electron chi connectivity index (χ1n) is 6.86. The number of pyridine rings is 1. The number of hydrogen-bond acceptors (Lipinski definition) is 4. The number of aliphatic hydroxyl groups is 1. The zero-order valence-corrected chi connectivity index (χ0v) is 11.6. The van der Waals surface area contributed by atoms with E-state index in [4.69, 9.17) is 5.11 Å². The zero-order chi connectivity index (χ0) is 15.2. The first-order valence-corrected chi connectivity index (χ1v) is 6.86. The molecule has 0 radical (unpaired) electrons. The van der Waals surface area contributed by atoms with Crippen molar-refractivity contribution in [1.29, 1.82) is 0 Å². The Morgan fingerprint density at radius 1 is 1.43 bits per heavy atom. The van der Waals surface area contributed by atoms with E-state index >= 15 is 0 Å². The predicted octanol–water partition coefficient (Wildman–Crippen LogP) is 1.02. The SMILES string of the molecule is O=C(O)C=Cc1cncc(C(=O)N2CCCC(CO)C2)c1. The van der Waals surface area contributed by atoms with Gasteiger partial charge in [-0.3, -0.25) is 9.78 Å². The Bertz CT molecular complexity index is 556. The van der Waals surface area contributed by atoms with E-state index in [0.29, 0.717) is 24.2 Å². The first-order chi connectivity index (χ1) is 10.1. The number of rotatable bonds is 4. The predicted molar refractivity (Wildman–Crippen MR) is 76.6 cm³/mol. The third kappa shape index (κ3) is 4.13. The molecule has 1 aromatic rings. The van der Waals surface area contributed by atoms with Gasteiger partial charge in [0.2, 0.25) is 0 Å². The highest BCUT2D eigenvalue weighted by atomic mass is 16.4. The number of aromatic nitrogens is 1. The van der Waals surface area contributed by atoms with Gasteiger partial charge in [0.15, 0.2) is 0 Å². The van der Waals surface area contributed by atoms with Crippen molar-refractivity contribution in [2.75, 3.05) is 19.7 Å². The molecular formula is C15H18N2O4. The summed E-state index contributed by atoms with van der Waals surface area (Å²) in [5, 5.41) is 17.8. The second-order valence-electron chi connectivity index (χ2n) is 5.12. The van der Waals surface area contributed by atoms with Crippen LogP contribution in [-0.2, 0) is 4.79 Å². The first kappa shape index (κ1) is 15.2. The second-order valence-corrected chi connectivity index (χ2v) is 5.12. The van der Waals surface area contributed by atoms with E-state index in [1.165, 1.54) is 18.5 Å². The summed E-state index contributed by atoms with van der Waals surface area (Å²) in [4.78, 5) is 28.6. The lowest BCUT2D eigenvalue weighted by Crippen LogP contribution is -2.41. The van der Waals surface area contributed by atoms with Gasteiger partial charge in [0.1, 0.15) is 0 Å². The van der Waals surface area contributed by atoms with Crippen LogP contribution >= 0.6 is 0 Å². The number of carboxylic acids is 1. The zero-order valence-electron chi connectivity index (χ0n) is 11.6. The van der Waals surface area contributed by atoms with Crippen molar-refractivity contribution in [2.24, 2.45) is 5.92 Å². The molecular weight excluding hydrogens is 272 g/mol. The Morgan fingerprint density at radius 2 is 2.24 bits per heavy atom. The highest BCUT2D eigenvalue weighted by Crippen LogP contribution is 2.18. The number of nitrogens with zero attached hydrogens (tertiary/aromatic N) is 2. The lowest BCUT2D eigenvalue weighted by molar-refractivity contribution is -0.131. The molecule has 1 unspecified atom stereocenters. The molecule has 2 heterocycles. The minimum absolute atomic E-state index is 0.0867. The van der Waals surface area contributed by atoms with Gasteiger partial charge in [-0.05, 0) is 36.5 Å². The third-order valence-electron chi connectivity index (χ3n) is 3.49. The van der Waals surface area contributed by atoms with E-state index in [1.807, 2.05) is 0 Å². The van der Waals surface area contributed by atoms with Crippen LogP contribution < -0.4 is 0 Å². The topological polar surface area (TPSA) is 90.7 Å². The van der Waals surface area contributed by atoms with Gasteiger partial charge >= 0.3 is 5.97 Å². The van der Waals surface area contributed by atoms with E-state index in [-0.39, 0.29) is 18.4 Å². The molecule has 0 aromatic carbocycles. The van der Waals surface area contributed by atoms with Crippen LogP contribution in [0.2, 0.25) is 0 Å². The minimum atomic E-state index is -1.05. The lowest BCUT2D eigenvalue weighted by Gasteiger charge is -2.31.